The van der Waals surface area contributed by atoms with Gasteiger partial charge in [-0.25, -0.2) is 9.37 Å². The van der Waals surface area contributed by atoms with Crippen molar-refractivity contribution in [3.8, 4) is 5.75 Å². The Morgan fingerprint density at radius 1 is 1.44 bits per heavy atom. The van der Waals surface area contributed by atoms with Gasteiger partial charge in [0.1, 0.15) is 17.4 Å². The summed E-state index contributed by atoms with van der Waals surface area (Å²) in [5.74, 6) is 0.369. The molecule has 18 heavy (non-hydrogen) atoms. The number of benzene rings is 1. The van der Waals surface area contributed by atoms with Gasteiger partial charge in [-0.3, -0.25) is 0 Å². The standard InChI is InChI=1S/C13H16FN3O/c1-2-12(13-15-3-4-16-13)17-8-9-5-10(14)7-11(18)6-9/h3-7,12,17-18H,2,8H2,1H3,(H,15,16). The number of rotatable bonds is 5. The van der Waals surface area contributed by atoms with Gasteiger partial charge in [0.15, 0.2) is 0 Å². The van der Waals surface area contributed by atoms with E-state index >= 15 is 0 Å². The molecule has 0 spiro atoms. The lowest BCUT2D eigenvalue weighted by Crippen LogP contribution is -2.21. The van der Waals surface area contributed by atoms with Gasteiger partial charge in [-0.15, -0.1) is 0 Å². The quantitative estimate of drug-likeness (QED) is 0.763. The number of aromatic nitrogens is 2. The Kier molecular flexibility index (Phi) is 3.94. The van der Waals surface area contributed by atoms with Crippen molar-refractivity contribution in [3.63, 3.8) is 0 Å². The van der Waals surface area contributed by atoms with Crippen LogP contribution in [0.3, 0.4) is 0 Å². The first-order chi connectivity index (χ1) is 8.69. The number of nitrogens with zero attached hydrogens (tertiary/aromatic N) is 1. The number of H-pyrrole nitrogens is 1. The summed E-state index contributed by atoms with van der Waals surface area (Å²) in [6.07, 6.45) is 4.34. The van der Waals surface area contributed by atoms with Gasteiger partial charge in [-0.1, -0.05) is 6.92 Å². The second-order valence-corrected chi connectivity index (χ2v) is 4.13. The molecule has 1 aromatic carbocycles. The van der Waals surface area contributed by atoms with Crippen molar-refractivity contribution in [3.05, 3.63) is 47.8 Å². The molecule has 0 amide bonds. The van der Waals surface area contributed by atoms with Crippen molar-refractivity contribution in [1.29, 1.82) is 0 Å². The maximum atomic E-state index is 13.1. The smallest absolute Gasteiger partial charge is 0.127 e. The van der Waals surface area contributed by atoms with Gasteiger partial charge in [0.05, 0.1) is 6.04 Å². The summed E-state index contributed by atoms with van der Waals surface area (Å²) in [5.41, 5.74) is 0.706. The molecule has 1 heterocycles. The van der Waals surface area contributed by atoms with Crippen LogP contribution in [0.15, 0.2) is 30.6 Å². The van der Waals surface area contributed by atoms with Crippen LogP contribution in [0.5, 0.6) is 5.75 Å². The predicted molar refractivity (Wildman–Crippen MR) is 66.5 cm³/mol. The minimum atomic E-state index is -0.433. The summed E-state index contributed by atoms with van der Waals surface area (Å²) < 4.78 is 13.1. The fourth-order valence-corrected chi connectivity index (χ4v) is 1.88. The van der Waals surface area contributed by atoms with Crippen molar-refractivity contribution in [2.45, 2.75) is 25.9 Å². The Bertz CT molecular complexity index is 479. The molecule has 3 N–H and O–H groups in total. The molecule has 1 unspecified atom stereocenters. The summed E-state index contributed by atoms with van der Waals surface area (Å²) in [4.78, 5) is 7.24. The number of nitrogens with one attached hydrogen (secondary N) is 2. The second-order valence-electron chi connectivity index (χ2n) is 4.13. The highest BCUT2D eigenvalue weighted by Crippen LogP contribution is 2.17. The number of hydrogen-bond acceptors (Lipinski definition) is 3. The molecule has 0 saturated carbocycles. The molecule has 0 saturated heterocycles. The molecular weight excluding hydrogens is 233 g/mol. The molecule has 5 heteroatoms. The summed E-state index contributed by atoms with van der Waals surface area (Å²) in [5, 5.41) is 12.6. The summed E-state index contributed by atoms with van der Waals surface area (Å²) in [6.45, 7) is 2.52. The van der Waals surface area contributed by atoms with Crippen LogP contribution in [0.4, 0.5) is 4.39 Å². The Morgan fingerprint density at radius 3 is 2.89 bits per heavy atom. The van der Waals surface area contributed by atoms with Gasteiger partial charge in [0.25, 0.3) is 0 Å². The number of aromatic hydroxyl groups is 1. The Hall–Kier alpha value is -1.88. The summed E-state index contributed by atoms with van der Waals surface area (Å²) in [6, 6.07) is 4.13. The van der Waals surface area contributed by atoms with Crippen LogP contribution in [0, 0.1) is 5.82 Å². The SMILES string of the molecule is CCC(NCc1cc(O)cc(F)c1)c1ncc[nH]1. The number of aromatic amines is 1. The zero-order valence-electron chi connectivity index (χ0n) is 10.2. The van der Waals surface area contributed by atoms with E-state index in [4.69, 9.17) is 0 Å². The molecule has 1 atom stereocenters. The third-order valence-electron chi connectivity index (χ3n) is 2.75. The van der Waals surface area contributed by atoms with Crippen molar-refractivity contribution >= 4 is 0 Å². The van der Waals surface area contributed by atoms with Crippen LogP contribution in [-0.2, 0) is 6.54 Å². The molecule has 4 nitrogen and oxygen atoms in total. The fraction of sp³-hybridized carbons (Fsp3) is 0.308. The summed E-state index contributed by atoms with van der Waals surface area (Å²) >= 11 is 0. The number of phenolic OH excluding ortho intramolecular Hbond substituents is 1. The van der Waals surface area contributed by atoms with E-state index in [-0.39, 0.29) is 11.8 Å². The average molecular weight is 249 g/mol. The lowest BCUT2D eigenvalue weighted by atomic mass is 10.1. The van der Waals surface area contributed by atoms with Crippen LogP contribution in [-0.4, -0.2) is 15.1 Å². The van der Waals surface area contributed by atoms with Crippen molar-refractivity contribution in [1.82, 2.24) is 15.3 Å². The molecule has 0 bridgehead atoms. The van der Waals surface area contributed by atoms with Crippen LogP contribution < -0.4 is 5.32 Å². The lowest BCUT2D eigenvalue weighted by Gasteiger charge is -2.14. The van der Waals surface area contributed by atoms with Crippen molar-refractivity contribution < 1.29 is 9.50 Å². The third kappa shape index (κ3) is 3.07. The van der Waals surface area contributed by atoms with Crippen LogP contribution >= 0.6 is 0 Å². The minimum Gasteiger partial charge on any atom is -0.508 e. The van der Waals surface area contributed by atoms with Crippen LogP contribution in [0.1, 0.15) is 30.8 Å². The lowest BCUT2D eigenvalue weighted by molar-refractivity contribution is 0.463. The molecule has 96 valence electrons. The van der Waals surface area contributed by atoms with E-state index in [9.17, 15) is 9.50 Å². The Balaban J connectivity index is 2.01. The Morgan fingerprint density at radius 2 is 2.28 bits per heavy atom. The molecule has 2 aromatic rings. The first kappa shape index (κ1) is 12.6. The van der Waals surface area contributed by atoms with Gasteiger partial charge < -0.3 is 15.4 Å². The second kappa shape index (κ2) is 5.64. The zero-order chi connectivity index (χ0) is 13.0. The maximum absolute atomic E-state index is 13.1. The molecule has 2 rings (SSSR count). The molecule has 0 aliphatic rings. The number of hydrogen-bond donors (Lipinski definition) is 3. The van der Waals surface area contributed by atoms with E-state index in [2.05, 4.69) is 15.3 Å². The van der Waals surface area contributed by atoms with E-state index in [0.29, 0.717) is 12.1 Å². The molecule has 1 aromatic heterocycles. The maximum Gasteiger partial charge on any atom is 0.127 e. The van der Waals surface area contributed by atoms with E-state index in [0.717, 1.165) is 18.3 Å². The first-order valence-electron chi connectivity index (χ1n) is 5.90. The van der Waals surface area contributed by atoms with E-state index < -0.39 is 5.82 Å². The fourth-order valence-electron chi connectivity index (χ4n) is 1.88. The largest absolute Gasteiger partial charge is 0.508 e. The zero-order valence-corrected chi connectivity index (χ0v) is 10.2. The van der Waals surface area contributed by atoms with E-state index in [1.807, 2.05) is 6.92 Å². The third-order valence-corrected chi connectivity index (χ3v) is 2.75. The first-order valence-corrected chi connectivity index (χ1v) is 5.90. The molecule has 0 aliphatic heterocycles. The predicted octanol–water partition coefficient (Wildman–Crippen LogP) is 2.50. The van der Waals surface area contributed by atoms with Crippen LogP contribution in [0.25, 0.3) is 0 Å². The Labute approximate surface area is 105 Å². The van der Waals surface area contributed by atoms with Crippen molar-refractivity contribution in [2.24, 2.45) is 0 Å². The summed E-state index contributed by atoms with van der Waals surface area (Å²) in [7, 11) is 0. The average Bonchev–Trinajstić information content (AvgIpc) is 2.82. The number of phenols is 1. The minimum absolute atomic E-state index is 0.0575. The molecular formula is C13H16FN3O. The number of halogens is 1. The number of imidazole rings is 1. The van der Waals surface area contributed by atoms with Gasteiger partial charge >= 0.3 is 0 Å². The molecule has 0 fully saturated rings. The van der Waals surface area contributed by atoms with Gasteiger partial charge in [-0.2, -0.15) is 0 Å². The van der Waals surface area contributed by atoms with Gasteiger partial charge in [0.2, 0.25) is 0 Å². The highest BCUT2D eigenvalue weighted by molar-refractivity contribution is 5.28. The normalized spacial score (nSPS) is 12.6. The van der Waals surface area contributed by atoms with Gasteiger partial charge in [0, 0.05) is 25.0 Å². The van der Waals surface area contributed by atoms with E-state index in [1.165, 1.54) is 6.07 Å². The topological polar surface area (TPSA) is 60.9 Å². The highest BCUT2D eigenvalue weighted by atomic mass is 19.1. The van der Waals surface area contributed by atoms with Gasteiger partial charge in [-0.05, 0) is 24.1 Å². The molecule has 0 radical (unpaired) electrons. The van der Waals surface area contributed by atoms with Crippen LogP contribution in [0.2, 0.25) is 0 Å². The van der Waals surface area contributed by atoms with E-state index in [1.54, 1.807) is 18.5 Å². The van der Waals surface area contributed by atoms with Crippen molar-refractivity contribution in [2.75, 3.05) is 0 Å². The monoisotopic (exact) mass is 249 g/mol. The highest BCUT2D eigenvalue weighted by Gasteiger charge is 2.11. The molecule has 0 aliphatic carbocycles.